The second-order valence-corrected chi connectivity index (χ2v) is 3.71. The number of halogens is 2. The highest BCUT2D eigenvalue weighted by molar-refractivity contribution is 5.66. The number of carbonyl (C=O) groups is 1. The minimum atomic E-state index is -2.64. The van der Waals surface area contributed by atoms with E-state index in [9.17, 15) is 13.6 Å². The Morgan fingerprint density at radius 1 is 1.64 bits per heavy atom. The number of hydrogen-bond donors (Lipinski definition) is 1. The van der Waals surface area contributed by atoms with E-state index in [2.05, 4.69) is 0 Å². The summed E-state index contributed by atoms with van der Waals surface area (Å²) in [4.78, 5) is 12.0. The summed E-state index contributed by atoms with van der Waals surface area (Å²) in [5.41, 5.74) is 0. The third-order valence-electron chi connectivity index (χ3n) is 2.58. The summed E-state index contributed by atoms with van der Waals surface area (Å²) >= 11 is 0. The molecule has 1 aliphatic rings. The van der Waals surface area contributed by atoms with Crippen LogP contribution in [0.3, 0.4) is 0 Å². The van der Waals surface area contributed by atoms with Crippen LogP contribution in [0.15, 0.2) is 0 Å². The predicted octanol–water partition coefficient (Wildman–Crippen LogP) is 1.58. The first kappa shape index (κ1) is 11.4. The molecule has 0 amide bonds. The first-order valence-corrected chi connectivity index (χ1v) is 4.78. The van der Waals surface area contributed by atoms with Gasteiger partial charge in [-0.05, 0) is 13.0 Å². The molecule has 5 heteroatoms. The second-order valence-electron chi connectivity index (χ2n) is 3.71. The van der Waals surface area contributed by atoms with Crippen molar-refractivity contribution in [1.29, 1.82) is 0 Å². The van der Waals surface area contributed by atoms with Gasteiger partial charge < -0.3 is 5.11 Å². The van der Waals surface area contributed by atoms with Crippen molar-refractivity contribution in [3.63, 3.8) is 0 Å². The summed E-state index contributed by atoms with van der Waals surface area (Å²) in [5.74, 6) is -3.56. The molecule has 0 aromatic heterocycles. The summed E-state index contributed by atoms with van der Waals surface area (Å²) in [6.07, 6.45) is 0.0874. The number of hydrogen-bond acceptors (Lipinski definition) is 2. The lowest BCUT2D eigenvalue weighted by Crippen LogP contribution is -2.30. The zero-order valence-corrected chi connectivity index (χ0v) is 8.17. The summed E-state index contributed by atoms with van der Waals surface area (Å²) in [7, 11) is 0. The van der Waals surface area contributed by atoms with Crippen LogP contribution in [0.2, 0.25) is 0 Å². The van der Waals surface area contributed by atoms with E-state index < -0.39 is 11.9 Å². The van der Waals surface area contributed by atoms with Gasteiger partial charge in [-0.3, -0.25) is 9.69 Å². The van der Waals surface area contributed by atoms with Crippen LogP contribution in [-0.2, 0) is 4.79 Å². The Balaban J connectivity index is 2.47. The number of alkyl halides is 2. The molecule has 0 spiro atoms. The van der Waals surface area contributed by atoms with Crippen molar-refractivity contribution in [3.8, 4) is 0 Å². The summed E-state index contributed by atoms with van der Waals surface area (Å²) < 4.78 is 25.9. The molecule has 1 saturated heterocycles. The summed E-state index contributed by atoms with van der Waals surface area (Å²) in [6, 6.07) is -0.272. The monoisotopic (exact) mass is 207 g/mol. The van der Waals surface area contributed by atoms with Gasteiger partial charge in [0.2, 0.25) is 0 Å². The normalized spacial score (nSPS) is 26.6. The van der Waals surface area contributed by atoms with Crippen LogP contribution in [-0.4, -0.2) is 41.0 Å². The molecule has 14 heavy (non-hydrogen) atoms. The van der Waals surface area contributed by atoms with E-state index in [0.29, 0.717) is 13.0 Å². The molecule has 0 aromatic rings. The molecule has 82 valence electrons. The lowest BCUT2D eigenvalue weighted by Gasteiger charge is -2.20. The molecule has 0 radical (unpaired) electrons. The van der Waals surface area contributed by atoms with Crippen LogP contribution in [0, 0.1) is 0 Å². The molecule has 3 nitrogen and oxygen atoms in total. The maximum atomic E-state index is 13.0. The standard InChI is InChI=1S/C9H15F2NO2/c1-2-12-6-9(10,11)5-7(12)3-4-8(13)14/h7H,2-6H2,1H3,(H,13,14)/t7-/m1/s1. The van der Waals surface area contributed by atoms with Crippen molar-refractivity contribution in [2.24, 2.45) is 0 Å². The third-order valence-corrected chi connectivity index (χ3v) is 2.58. The van der Waals surface area contributed by atoms with Crippen molar-refractivity contribution in [1.82, 2.24) is 4.90 Å². The minimum absolute atomic E-state index is 0.0305. The first-order valence-electron chi connectivity index (χ1n) is 4.78. The summed E-state index contributed by atoms with van der Waals surface area (Å²) in [5, 5.41) is 8.46. The molecule has 0 bridgehead atoms. The number of rotatable bonds is 4. The van der Waals surface area contributed by atoms with Crippen LogP contribution in [0.4, 0.5) is 8.78 Å². The van der Waals surface area contributed by atoms with Crippen molar-refractivity contribution in [2.75, 3.05) is 13.1 Å². The van der Waals surface area contributed by atoms with Crippen LogP contribution < -0.4 is 0 Å². The quantitative estimate of drug-likeness (QED) is 0.760. The maximum absolute atomic E-state index is 13.0. The molecule has 1 atom stereocenters. The Bertz CT molecular complexity index is 221. The van der Waals surface area contributed by atoms with Crippen molar-refractivity contribution < 1.29 is 18.7 Å². The van der Waals surface area contributed by atoms with Gasteiger partial charge in [-0.2, -0.15) is 0 Å². The van der Waals surface area contributed by atoms with Gasteiger partial charge in [-0.1, -0.05) is 6.92 Å². The SMILES string of the molecule is CCN1CC(F)(F)C[C@H]1CCC(=O)O. The van der Waals surface area contributed by atoms with E-state index in [4.69, 9.17) is 5.11 Å². The van der Waals surface area contributed by atoms with Gasteiger partial charge in [0, 0.05) is 18.9 Å². The van der Waals surface area contributed by atoms with E-state index in [1.54, 1.807) is 4.90 Å². The van der Waals surface area contributed by atoms with Crippen LogP contribution in [0.25, 0.3) is 0 Å². The lowest BCUT2D eigenvalue weighted by molar-refractivity contribution is -0.137. The Morgan fingerprint density at radius 2 is 2.29 bits per heavy atom. The fourth-order valence-electron chi connectivity index (χ4n) is 1.91. The van der Waals surface area contributed by atoms with Gasteiger partial charge >= 0.3 is 5.97 Å². The minimum Gasteiger partial charge on any atom is -0.481 e. The number of aliphatic carboxylic acids is 1. The van der Waals surface area contributed by atoms with Gasteiger partial charge in [-0.25, -0.2) is 8.78 Å². The Kier molecular flexibility index (Phi) is 3.42. The summed E-state index contributed by atoms with van der Waals surface area (Å²) in [6.45, 7) is 2.14. The van der Waals surface area contributed by atoms with Gasteiger partial charge in [0.1, 0.15) is 0 Å². The highest BCUT2D eigenvalue weighted by atomic mass is 19.3. The number of nitrogens with zero attached hydrogens (tertiary/aromatic N) is 1. The smallest absolute Gasteiger partial charge is 0.303 e. The third kappa shape index (κ3) is 2.90. The molecular weight excluding hydrogens is 192 g/mol. The van der Waals surface area contributed by atoms with Crippen LogP contribution in [0.5, 0.6) is 0 Å². The van der Waals surface area contributed by atoms with E-state index in [-0.39, 0.29) is 25.4 Å². The molecule has 0 aliphatic carbocycles. The van der Waals surface area contributed by atoms with Crippen LogP contribution in [0.1, 0.15) is 26.2 Å². The molecule has 1 heterocycles. The molecule has 1 N–H and O–H groups in total. The van der Waals surface area contributed by atoms with Crippen molar-refractivity contribution >= 4 is 5.97 Å². The highest BCUT2D eigenvalue weighted by Gasteiger charge is 2.43. The molecule has 0 unspecified atom stereocenters. The zero-order valence-electron chi connectivity index (χ0n) is 8.17. The molecule has 1 aliphatic heterocycles. The molecule has 0 aromatic carbocycles. The average molecular weight is 207 g/mol. The van der Waals surface area contributed by atoms with E-state index in [1.165, 1.54) is 0 Å². The second kappa shape index (κ2) is 4.21. The fraction of sp³-hybridized carbons (Fsp3) is 0.889. The maximum Gasteiger partial charge on any atom is 0.303 e. The van der Waals surface area contributed by atoms with Gasteiger partial charge in [0.15, 0.2) is 0 Å². The molecular formula is C9H15F2NO2. The molecule has 0 saturated carbocycles. The lowest BCUT2D eigenvalue weighted by atomic mass is 10.1. The largest absolute Gasteiger partial charge is 0.481 e. The van der Waals surface area contributed by atoms with Crippen molar-refractivity contribution in [3.05, 3.63) is 0 Å². The van der Waals surface area contributed by atoms with E-state index in [1.807, 2.05) is 6.92 Å². The van der Waals surface area contributed by atoms with Gasteiger partial charge in [0.05, 0.1) is 6.54 Å². The average Bonchev–Trinajstić information content (AvgIpc) is 2.37. The van der Waals surface area contributed by atoms with Gasteiger partial charge in [-0.15, -0.1) is 0 Å². The number of likely N-dealkylation sites (tertiary alicyclic amines) is 1. The first-order chi connectivity index (χ1) is 6.44. The van der Waals surface area contributed by atoms with Gasteiger partial charge in [0.25, 0.3) is 5.92 Å². The predicted molar refractivity (Wildman–Crippen MR) is 47.5 cm³/mol. The van der Waals surface area contributed by atoms with E-state index in [0.717, 1.165) is 0 Å². The van der Waals surface area contributed by atoms with E-state index >= 15 is 0 Å². The highest BCUT2D eigenvalue weighted by Crippen LogP contribution is 2.33. The zero-order chi connectivity index (χ0) is 10.8. The Morgan fingerprint density at radius 3 is 2.79 bits per heavy atom. The number of carboxylic acids is 1. The number of carboxylic acid groups (broad SMARTS) is 1. The Hall–Kier alpha value is -0.710. The molecule has 1 rings (SSSR count). The Labute approximate surface area is 81.7 Å². The topological polar surface area (TPSA) is 40.5 Å². The van der Waals surface area contributed by atoms with Crippen molar-refractivity contribution in [2.45, 2.75) is 38.2 Å². The van der Waals surface area contributed by atoms with Crippen LogP contribution >= 0.6 is 0 Å². The fourth-order valence-corrected chi connectivity index (χ4v) is 1.91. The molecule has 1 fully saturated rings.